The summed E-state index contributed by atoms with van der Waals surface area (Å²) in [6.45, 7) is 0.0578. The van der Waals surface area contributed by atoms with Crippen molar-refractivity contribution in [1.82, 2.24) is 0 Å². The Morgan fingerprint density at radius 1 is 0.500 bits per heavy atom. The molecule has 0 unspecified atom stereocenters. The van der Waals surface area contributed by atoms with Crippen LogP contribution in [-0.4, -0.2) is 46.9 Å². The number of rotatable bonds is 4. The molecule has 0 heterocycles. The van der Waals surface area contributed by atoms with Gasteiger partial charge in [0.25, 0.3) is 0 Å². The second-order valence-electron chi connectivity index (χ2n) is 1.67. The third-order valence-electron chi connectivity index (χ3n) is 0.755. The lowest BCUT2D eigenvalue weighted by Crippen LogP contribution is -1.74. The average Bonchev–Trinajstić information content (AvgIpc) is 2.12. The zero-order valence-corrected chi connectivity index (χ0v) is 6.93. The van der Waals surface area contributed by atoms with Gasteiger partial charge in [-0.2, -0.15) is 0 Å². The van der Waals surface area contributed by atoms with Gasteiger partial charge in [0.2, 0.25) is 0 Å². The molecule has 0 amide bonds. The first-order valence-corrected chi connectivity index (χ1v) is 3.56. The van der Waals surface area contributed by atoms with E-state index in [-0.39, 0.29) is 26.4 Å². The second kappa shape index (κ2) is 16.7. The van der Waals surface area contributed by atoms with Crippen LogP contribution in [0.3, 0.4) is 0 Å². The Bertz CT molecular complexity index is 83.6. The van der Waals surface area contributed by atoms with Crippen molar-refractivity contribution in [2.45, 2.75) is 0 Å². The van der Waals surface area contributed by atoms with Crippen LogP contribution in [0, 0.1) is 0 Å². The van der Waals surface area contributed by atoms with Crippen LogP contribution in [0.2, 0.25) is 0 Å². The van der Waals surface area contributed by atoms with Gasteiger partial charge in [0.05, 0.1) is 26.4 Å². The fourth-order valence-electron chi connectivity index (χ4n) is 0.298. The molecule has 0 rings (SSSR count). The van der Waals surface area contributed by atoms with Crippen LogP contribution >= 0.6 is 0 Å². The normalized spacial score (nSPS) is 10.3. The maximum absolute atomic E-state index is 8.00. The molecule has 0 spiro atoms. The van der Waals surface area contributed by atoms with E-state index in [9.17, 15) is 0 Å². The highest BCUT2D eigenvalue weighted by atomic mass is 16.3. The summed E-state index contributed by atoms with van der Waals surface area (Å²) in [7, 11) is 0. The van der Waals surface area contributed by atoms with E-state index in [1.807, 2.05) is 0 Å². The van der Waals surface area contributed by atoms with Crippen LogP contribution in [0.25, 0.3) is 0 Å². The molecule has 0 aliphatic heterocycles. The fourth-order valence-corrected chi connectivity index (χ4v) is 0.298. The largest absolute Gasteiger partial charge is 0.392 e. The highest BCUT2D eigenvalue weighted by Crippen LogP contribution is 1.63. The third kappa shape index (κ3) is 22.8. The van der Waals surface area contributed by atoms with E-state index in [0.29, 0.717) is 0 Å². The maximum atomic E-state index is 8.00. The molecule has 0 bridgehead atoms. The van der Waals surface area contributed by atoms with Crippen molar-refractivity contribution in [3.8, 4) is 0 Å². The Morgan fingerprint density at radius 3 is 0.750 bits per heavy atom. The number of hydrogen-bond acceptors (Lipinski definition) is 4. The van der Waals surface area contributed by atoms with Crippen molar-refractivity contribution in [3.63, 3.8) is 0 Å². The van der Waals surface area contributed by atoms with Gasteiger partial charge in [0, 0.05) is 0 Å². The van der Waals surface area contributed by atoms with E-state index in [1.54, 1.807) is 0 Å². The van der Waals surface area contributed by atoms with Crippen LogP contribution in [0.4, 0.5) is 0 Å². The highest BCUT2D eigenvalue weighted by molar-refractivity contribution is 4.79. The van der Waals surface area contributed by atoms with Gasteiger partial charge in [0.1, 0.15) is 0 Å². The molecule has 4 heteroatoms. The lowest BCUT2D eigenvalue weighted by molar-refractivity contribution is 0.329. The average molecular weight is 176 g/mol. The van der Waals surface area contributed by atoms with Crippen LogP contribution < -0.4 is 0 Å². The van der Waals surface area contributed by atoms with Crippen molar-refractivity contribution in [2.75, 3.05) is 26.4 Å². The lowest BCUT2D eigenvalue weighted by Gasteiger charge is -1.73. The van der Waals surface area contributed by atoms with Crippen LogP contribution in [-0.2, 0) is 0 Å². The summed E-state index contributed by atoms with van der Waals surface area (Å²) in [5.74, 6) is 0. The first-order chi connectivity index (χ1) is 5.83. The summed E-state index contributed by atoms with van der Waals surface area (Å²) in [5, 5.41) is 32.0. The van der Waals surface area contributed by atoms with Crippen molar-refractivity contribution in [1.29, 1.82) is 0 Å². The zero-order chi connectivity index (χ0) is 9.66. The summed E-state index contributed by atoms with van der Waals surface area (Å²) in [6.07, 6.45) is 5.94. The van der Waals surface area contributed by atoms with Gasteiger partial charge in [-0.25, -0.2) is 0 Å². The molecule has 4 nitrogen and oxygen atoms in total. The molecule has 12 heavy (non-hydrogen) atoms. The smallest absolute Gasteiger partial charge is 0.0613 e. The minimum Gasteiger partial charge on any atom is -0.392 e. The third-order valence-corrected chi connectivity index (χ3v) is 0.755. The Morgan fingerprint density at radius 2 is 0.667 bits per heavy atom. The van der Waals surface area contributed by atoms with E-state index >= 15 is 0 Å². The molecule has 0 saturated heterocycles. The molecule has 4 N–H and O–H groups in total. The van der Waals surface area contributed by atoms with Gasteiger partial charge in [-0.05, 0) is 0 Å². The molecule has 0 saturated carbocycles. The Kier molecular flexibility index (Phi) is 19.4. The summed E-state index contributed by atoms with van der Waals surface area (Å²) in [6, 6.07) is 0. The van der Waals surface area contributed by atoms with E-state index in [0.717, 1.165) is 0 Å². The van der Waals surface area contributed by atoms with Crippen LogP contribution in [0.5, 0.6) is 0 Å². The molecule has 0 aliphatic carbocycles. The molecule has 0 aromatic carbocycles. The second-order valence-corrected chi connectivity index (χ2v) is 1.67. The first kappa shape index (κ1) is 13.9. The van der Waals surface area contributed by atoms with E-state index in [4.69, 9.17) is 20.4 Å². The Labute approximate surface area is 72.1 Å². The first-order valence-electron chi connectivity index (χ1n) is 3.56. The minimum absolute atomic E-state index is 0.0144. The maximum Gasteiger partial charge on any atom is 0.0613 e. The summed E-state index contributed by atoms with van der Waals surface area (Å²) in [4.78, 5) is 0. The van der Waals surface area contributed by atoms with E-state index < -0.39 is 0 Å². The van der Waals surface area contributed by atoms with Crippen molar-refractivity contribution in [2.24, 2.45) is 0 Å². The van der Waals surface area contributed by atoms with Crippen molar-refractivity contribution >= 4 is 0 Å². The molecule has 0 aromatic heterocycles. The van der Waals surface area contributed by atoms with Gasteiger partial charge < -0.3 is 20.4 Å². The van der Waals surface area contributed by atoms with Gasteiger partial charge in [-0.3, -0.25) is 0 Å². The number of aliphatic hydroxyl groups is 4. The summed E-state index contributed by atoms with van der Waals surface area (Å²) < 4.78 is 0. The van der Waals surface area contributed by atoms with Gasteiger partial charge in [0.15, 0.2) is 0 Å². The summed E-state index contributed by atoms with van der Waals surface area (Å²) >= 11 is 0. The van der Waals surface area contributed by atoms with Crippen molar-refractivity contribution in [3.05, 3.63) is 24.3 Å². The van der Waals surface area contributed by atoms with E-state index in [1.165, 1.54) is 24.3 Å². The topological polar surface area (TPSA) is 80.9 Å². The molecule has 0 fully saturated rings. The highest BCUT2D eigenvalue weighted by Gasteiger charge is 1.61. The monoisotopic (exact) mass is 176 g/mol. The molecule has 0 aromatic rings. The Balaban J connectivity index is 0. The predicted molar refractivity (Wildman–Crippen MR) is 46.6 cm³/mol. The zero-order valence-electron chi connectivity index (χ0n) is 6.93. The molecular weight excluding hydrogens is 160 g/mol. The van der Waals surface area contributed by atoms with Crippen molar-refractivity contribution < 1.29 is 20.4 Å². The minimum atomic E-state index is 0.0144. The van der Waals surface area contributed by atoms with Gasteiger partial charge in [-0.15, -0.1) is 0 Å². The molecular formula is C8H16O4. The standard InChI is InChI=1S/2C4H8O2/c2*5-3-1-2-4-6/h2*1-2,5-6H,3-4H2/b2*2-1+. The lowest BCUT2D eigenvalue weighted by atomic mass is 10.5. The van der Waals surface area contributed by atoms with Crippen LogP contribution in [0.1, 0.15) is 0 Å². The number of hydrogen-bond donors (Lipinski definition) is 4. The van der Waals surface area contributed by atoms with Gasteiger partial charge in [-0.1, -0.05) is 24.3 Å². The summed E-state index contributed by atoms with van der Waals surface area (Å²) in [5.41, 5.74) is 0. The fraction of sp³-hybridized carbons (Fsp3) is 0.500. The van der Waals surface area contributed by atoms with E-state index in [2.05, 4.69) is 0 Å². The number of aliphatic hydroxyl groups excluding tert-OH is 4. The Hall–Kier alpha value is -0.680. The molecule has 0 aliphatic rings. The molecule has 0 atom stereocenters. The quantitative estimate of drug-likeness (QED) is 0.416. The SMILES string of the molecule is OC/C=C/CO.OC/C=C/CO. The molecule has 0 radical (unpaired) electrons. The molecule has 72 valence electrons. The predicted octanol–water partition coefficient (Wildman–Crippen LogP) is -0.946. The van der Waals surface area contributed by atoms with Gasteiger partial charge >= 0.3 is 0 Å². The van der Waals surface area contributed by atoms with Crippen LogP contribution in [0.15, 0.2) is 24.3 Å².